The first kappa shape index (κ1) is 21.1. The molecule has 2 aromatic carbocycles. The van der Waals surface area contributed by atoms with Crippen LogP contribution in [-0.2, 0) is 17.8 Å². The lowest BCUT2D eigenvalue weighted by Gasteiger charge is -2.11. The number of nitrogens with zero attached hydrogens (tertiary/aromatic N) is 3. The highest BCUT2D eigenvalue weighted by Crippen LogP contribution is 2.31. The second kappa shape index (κ2) is 8.91. The maximum atomic E-state index is 12.9. The van der Waals surface area contributed by atoms with Gasteiger partial charge in [0, 0.05) is 19.2 Å². The van der Waals surface area contributed by atoms with Crippen molar-refractivity contribution < 1.29 is 9.47 Å². The average Bonchev–Trinajstić information content (AvgIpc) is 3.13. The van der Waals surface area contributed by atoms with E-state index in [-0.39, 0.29) is 6.54 Å². The van der Waals surface area contributed by atoms with E-state index in [4.69, 9.17) is 14.5 Å². The van der Waals surface area contributed by atoms with Gasteiger partial charge < -0.3 is 14.0 Å². The molecule has 0 aliphatic rings. The van der Waals surface area contributed by atoms with Gasteiger partial charge in [-0.05, 0) is 39.7 Å². The highest BCUT2D eigenvalue weighted by Gasteiger charge is 2.20. The molecule has 2 aromatic heterocycles. The van der Waals surface area contributed by atoms with Crippen LogP contribution in [0.25, 0.3) is 22.6 Å². The van der Waals surface area contributed by atoms with E-state index >= 15 is 0 Å². The number of rotatable bonds is 7. The number of hydrogen-bond donors (Lipinski definition) is 1. The van der Waals surface area contributed by atoms with Crippen molar-refractivity contribution in [1.29, 1.82) is 0 Å². The zero-order valence-corrected chi connectivity index (χ0v) is 18.7. The molecule has 2 heterocycles. The van der Waals surface area contributed by atoms with Crippen LogP contribution in [-0.4, -0.2) is 39.9 Å². The van der Waals surface area contributed by atoms with Gasteiger partial charge >= 0.3 is 5.69 Å². The summed E-state index contributed by atoms with van der Waals surface area (Å²) in [5.74, 6) is 1.26. The van der Waals surface area contributed by atoms with Crippen molar-refractivity contribution in [2.45, 2.75) is 13.1 Å². The summed E-state index contributed by atoms with van der Waals surface area (Å²) in [6.07, 6.45) is 0. The number of hydrogen-bond acceptors (Lipinski definition) is 5. The smallest absolute Gasteiger partial charge is 0.330 e. The zero-order chi connectivity index (χ0) is 22.0. The molecule has 160 valence electrons. The summed E-state index contributed by atoms with van der Waals surface area (Å²) in [5.41, 5.74) is 1.46. The molecule has 0 unspecified atom stereocenters. The summed E-state index contributed by atoms with van der Waals surface area (Å²) >= 11 is 3.51. The van der Waals surface area contributed by atoms with Crippen LogP contribution in [0.15, 0.2) is 62.6 Å². The Labute approximate surface area is 186 Å². The third-order valence-corrected chi connectivity index (χ3v) is 5.62. The van der Waals surface area contributed by atoms with Crippen LogP contribution in [0.1, 0.15) is 5.56 Å². The molecule has 8 nitrogen and oxygen atoms in total. The first-order valence-electron chi connectivity index (χ1n) is 9.63. The Morgan fingerprint density at radius 1 is 1.06 bits per heavy atom. The maximum Gasteiger partial charge on any atom is 0.330 e. The Bertz CT molecular complexity index is 1340. The normalized spacial score (nSPS) is 11.2. The van der Waals surface area contributed by atoms with Crippen molar-refractivity contribution in [3.05, 3.63) is 79.4 Å². The van der Waals surface area contributed by atoms with Crippen molar-refractivity contribution in [2.24, 2.45) is 0 Å². The number of nitrogens with one attached hydrogen (secondary N) is 1. The SMILES string of the molecule is COCCn1c(=O)[nH]c(=O)c2c1nc(-c1ccc(OC)c(Br)c1)n2Cc1ccccc1. The van der Waals surface area contributed by atoms with E-state index in [9.17, 15) is 9.59 Å². The quantitative estimate of drug-likeness (QED) is 0.435. The predicted octanol–water partition coefficient (Wildman–Crippen LogP) is 3.02. The molecule has 0 bridgehead atoms. The van der Waals surface area contributed by atoms with Gasteiger partial charge in [-0.15, -0.1) is 0 Å². The van der Waals surface area contributed by atoms with Crippen LogP contribution < -0.4 is 16.0 Å². The number of aromatic amines is 1. The van der Waals surface area contributed by atoms with Gasteiger partial charge in [0.05, 0.1) is 24.7 Å². The maximum absolute atomic E-state index is 12.9. The number of halogens is 1. The summed E-state index contributed by atoms with van der Waals surface area (Å²) in [7, 11) is 3.15. The minimum absolute atomic E-state index is 0.275. The third kappa shape index (κ3) is 4.06. The van der Waals surface area contributed by atoms with Crippen LogP contribution in [0.4, 0.5) is 0 Å². The molecule has 0 saturated heterocycles. The number of H-pyrrole nitrogens is 1. The van der Waals surface area contributed by atoms with Gasteiger partial charge in [-0.3, -0.25) is 14.3 Å². The fourth-order valence-corrected chi connectivity index (χ4v) is 4.05. The molecule has 31 heavy (non-hydrogen) atoms. The third-order valence-electron chi connectivity index (χ3n) is 5.00. The number of fused-ring (bicyclic) bond motifs is 1. The molecule has 4 aromatic rings. The molecule has 0 spiro atoms. The average molecular weight is 485 g/mol. The van der Waals surface area contributed by atoms with Gasteiger partial charge in [0.2, 0.25) is 0 Å². The Hall–Kier alpha value is -3.17. The molecule has 0 atom stereocenters. The first-order chi connectivity index (χ1) is 15.0. The van der Waals surface area contributed by atoms with Gasteiger partial charge in [0.25, 0.3) is 5.56 Å². The molecular weight excluding hydrogens is 464 g/mol. The fraction of sp³-hybridized carbons (Fsp3) is 0.227. The molecule has 4 rings (SSSR count). The largest absolute Gasteiger partial charge is 0.496 e. The molecule has 9 heteroatoms. The van der Waals surface area contributed by atoms with E-state index in [1.165, 1.54) is 4.57 Å². The number of imidazole rings is 1. The summed E-state index contributed by atoms with van der Waals surface area (Å²) in [6, 6.07) is 15.4. The lowest BCUT2D eigenvalue weighted by Crippen LogP contribution is -2.32. The van der Waals surface area contributed by atoms with E-state index in [1.807, 2.05) is 53.1 Å². The fourth-order valence-electron chi connectivity index (χ4n) is 3.51. The molecule has 0 amide bonds. The minimum Gasteiger partial charge on any atom is -0.496 e. The highest BCUT2D eigenvalue weighted by atomic mass is 79.9. The van der Waals surface area contributed by atoms with E-state index in [0.717, 1.165) is 15.6 Å². The Kier molecular flexibility index (Phi) is 6.06. The number of methoxy groups -OCH3 is 2. The summed E-state index contributed by atoms with van der Waals surface area (Å²) in [6.45, 7) is 1.01. The topological polar surface area (TPSA) is 91.1 Å². The molecule has 0 fully saturated rings. The lowest BCUT2D eigenvalue weighted by atomic mass is 10.2. The molecule has 0 aliphatic carbocycles. The van der Waals surface area contributed by atoms with Gasteiger partial charge in [-0.25, -0.2) is 9.78 Å². The molecule has 1 N–H and O–H groups in total. The van der Waals surface area contributed by atoms with E-state index in [1.54, 1.807) is 14.2 Å². The summed E-state index contributed by atoms with van der Waals surface area (Å²) < 4.78 is 14.5. The lowest BCUT2D eigenvalue weighted by molar-refractivity contribution is 0.187. The minimum atomic E-state index is -0.513. The molecule has 0 saturated carbocycles. The zero-order valence-electron chi connectivity index (χ0n) is 17.1. The number of benzene rings is 2. The summed E-state index contributed by atoms with van der Waals surface area (Å²) in [4.78, 5) is 32.5. The van der Waals surface area contributed by atoms with Crippen LogP contribution in [0.2, 0.25) is 0 Å². The second-order valence-corrected chi connectivity index (χ2v) is 7.79. The predicted molar refractivity (Wildman–Crippen MR) is 122 cm³/mol. The first-order valence-corrected chi connectivity index (χ1v) is 10.4. The van der Waals surface area contributed by atoms with Crippen molar-refractivity contribution in [2.75, 3.05) is 20.8 Å². The standard InChI is InChI=1S/C22H21BrN4O4/c1-30-11-10-26-20-18(21(28)25-22(26)29)27(13-14-6-4-3-5-7-14)19(24-20)15-8-9-17(31-2)16(23)12-15/h3-9,12H,10-11,13H2,1-2H3,(H,25,28,29). The number of aromatic nitrogens is 4. The Balaban J connectivity index is 2.00. The van der Waals surface area contributed by atoms with E-state index in [2.05, 4.69) is 20.9 Å². The van der Waals surface area contributed by atoms with Crippen LogP contribution in [0.3, 0.4) is 0 Å². The Morgan fingerprint density at radius 3 is 2.52 bits per heavy atom. The second-order valence-electron chi connectivity index (χ2n) is 6.93. The van der Waals surface area contributed by atoms with Crippen LogP contribution >= 0.6 is 15.9 Å². The van der Waals surface area contributed by atoms with Gasteiger partial charge in [-0.1, -0.05) is 30.3 Å². The van der Waals surface area contributed by atoms with Crippen molar-refractivity contribution in [3.63, 3.8) is 0 Å². The van der Waals surface area contributed by atoms with E-state index in [0.29, 0.717) is 35.9 Å². The molecule has 0 aliphatic heterocycles. The van der Waals surface area contributed by atoms with Crippen LogP contribution in [0, 0.1) is 0 Å². The van der Waals surface area contributed by atoms with Crippen molar-refractivity contribution >= 4 is 27.1 Å². The van der Waals surface area contributed by atoms with Crippen molar-refractivity contribution in [1.82, 2.24) is 19.1 Å². The monoisotopic (exact) mass is 484 g/mol. The number of ether oxygens (including phenoxy) is 2. The Morgan fingerprint density at radius 2 is 1.84 bits per heavy atom. The van der Waals surface area contributed by atoms with Crippen molar-refractivity contribution in [3.8, 4) is 17.1 Å². The van der Waals surface area contributed by atoms with Gasteiger partial charge in [-0.2, -0.15) is 0 Å². The molecular formula is C22H21BrN4O4. The van der Waals surface area contributed by atoms with E-state index < -0.39 is 11.2 Å². The highest BCUT2D eigenvalue weighted by molar-refractivity contribution is 9.10. The summed E-state index contributed by atoms with van der Waals surface area (Å²) in [5, 5.41) is 0. The molecule has 0 radical (unpaired) electrons. The van der Waals surface area contributed by atoms with Gasteiger partial charge in [0.1, 0.15) is 11.6 Å². The van der Waals surface area contributed by atoms with Crippen LogP contribution in [0.5, 0.6) is 5.75 Å². The van der Waals surface area contributed by atoms with Gasteiger partial charge in [0.15, 0.2) is 11.2 Å².